The molecule has 1 atom stereocenters. The fourth-order valence-corrected chi connectivity index (χ4v) is 2.55. The van der Waals surface area contributed by atoms with Crippen molar-refractivity contribution in [3.63, 3.8) is 0 Å². The zero-order valence-corrected chi connectivity index (χ0v) is 9.97. The smallest absolute Gasteiger partial charge is 0.152 e. The summed E-state index contributed by atoms with van der Waals surface area (Å²) in [7, 11) is 0. The monoisotopic (exact) mass is 238 g/mol. The molecule has 0 fully saturated rings. The second-order valence-electron chi connectivity index (χ2n) is 4.71. The maximum absolute atomic E-state index is 11.0. The Kier molecular flexibility index (Phi) is 2.68. The van der Waals surface area contributed by atoms with E-state index < -0.39 is 0 Å². The van der Waals surface area contributed by atoms with Crippen LogP contribution in [0.5, 0.6) is 0 Å². The van der Waals surface area contributed by atoms with Gasteiger partial charge in [0.1, 0.15) is 0 Å². The molecule has 0 saturated carbocycles. The van der Waals surface area contributed by atoms with Gasteiger partial charge in [-0.15, -0.1) is 0 Å². The molecule has 1 aromatic carbocycles. The molecule has 1 aromatic heterocycles. The topological polar surface area (TPSA) is 56.0 Å². The van der Waals surface area contributed by atoms with Gasteiger partial charge in [-0.2, -0.15) is 0 Å². The van der Waals surface area contributed by atoms with Crippen LogP contribution in [0.25, 0.3) is 11.3 Å². The molecule has 0 aliphatic heterocycles. The molecule has 1 unspecified atom stereocenters. The minimum atomic E-state index is 0.226. The van der Waals surface area contributed by atoms with Gasteiger partial charge in [-0.1, -0.05) is 12.1 Å². The fraction of sp³-hybridized carbons (Fsp3) is 0.200. The third-order valence-electron chi connectivity index (χ3n) is 3.41. The highest BCUT2D eigenvalue weighted by atomic mass is 16.1. The number of hydrogen-bond donors (Lipinski definition) is 1. The number of fused-ring (bicyclic) bond motifs is 1. The van der Waals surface area contributed by atoms with E-state index in [4.69, 9.17) is 5.73 Å². The lowest BCUT2D eigenvalue weighted by Gasteiger charge is -2.06. The molecule has 0 radical (unpaired) electrons. The molecule has 0 bridgehead atoms. The molecular formula is C15H14N2O. The lowest BCUT2D eigenvalue weighted by molar-refractivity contribution is 0.112. The molecule has 0 amide bonds. The number of hydrogen-bond acceptors (Lipinski definition) is 3. The van der Waals surface area contributed by atoms with Crippen molar-refractivity contribution in [2.24, 2.45) is 5.73 Å². The number of carbonyl (C=O) groups is 1. The number of nitrogens with two attached hydrogens (primary N) is 1. The summed E-state index contributed by atoms with van der Waals surface area (Å²) >= 11 is 0. The maximum Gasteiger partial charge on any atom is 0.152 e. The van der Waals surface area contributed by atoms with Gasteiger partial charge in [0.2, 0.25) is 0 Å². The zero-order chi connectivity index (χ0) is 12.5. The van der Waals surface area contributed by atoms with Crippen LogP contribution >= 0.6 is 0 Å². The lowest BCUT2D eigenvalue weighted by Crippen LogP contribution is -2.18. The van der Waals surface area contributed by atoms with Gasteiger partial charge in [-0.25, -0.2) is 0 Å². The van der Waals surface area contributed by atoms with Gasteiger partial charge in [0, 0.05) is 23.4 Å². The number of benzene rings is 1. The van der Waals surface area contributed by atoms with Crippen molar-refractivity contribution in [3.05, 3.63) is 53.2 Å². The van der Waals surface area contributed by atoms with Gasteiger partial charge in [-0.3, -0.25) is 9.78 Å². The molecule has 3 rings (SSSR count). The van der Waals surface area contributed by atoms with E-state index in [0.29, 0.717) is 5.56 Å². The highest BCUT2D eigenvalue weighted by Gasteiger charge is 2.19. The van der Waals surface area contributed by atoms with E-state index in [2.05, 4.69) is 17.1 Å². The van der Waals surface area contributed by atoms with Crippen molar-refractivity contribution in [1.29, 1.82) is 0 Å². The summed E-state index contributed by atoms with van der Waals surface area (Å²) in [6, 6.07) is 10.0. The van der Waals surface area contributed by atoms with Crippen molar-refractivity contribution < 1.29 is 4.79 Å². The van der Waals surface area contributed by atoms with E-state index in [0.717, 1.165) is 30.4 Å². The second-order valence-corrected chi connectivity index (χ2v) is 4.71. The molecule has 0 spiro atoms. The van der Waals surface area contributed by atoms with Crippen molar-refractivity contribution in [2.45, 2.75) is 18.9 Å². The third-order valence-corrected chi connectivity index (χ3v) is 3.41. The van der Waals surface area contributed by atoms with Crippen LogP contribution in [0, 0.1) is 0 Å². The van der Waals surface area contributed by atoms with Gasteiger partial charge in [0.05, 0.1) is 5.69 Å². The molecule has 3 nitrogen and oxygen atoms in total. The Labute approximate surface area is 106 Å². The van der Waals surface area contributed by atoms with Crippen LogP contribution in [0.3, 0.4) is 0 Å². The van der Waals surface area contributed by atoms with Crippen LogP contribution in [-0.2, 0) is 12.8 Å². The number of carbonyl (C=O) groups excluding carboxylic acids is 1. The predicted octanol–water partition coefficient (Wildman–Crippen LogP) is 1.99. The van der Waals surface area contributed by atoms with E-state index >= 15 is 0 Å². The average molecular weight is 238 g/mol. The first kappa shape index (κ1) is 11.1. The molecule has 90 valence electrons. The zero-order valence-electron chi connectivity index (χ0n) is 9.97. The van der Waals surface area contributed by atoms with Crippen LogP contribution in [-0.4, -0.2) is 17.3 Å². The van der Waals surface area contributed by atoms with Gasteiger partial charge in [0.15, 0.2) is 6.29 Å². The number of aromatic nitrogens is 1. The Balaban J connectivity index is 2.08. The molecule has 1 aliphatic carbocycles. The molecule has 1 aliphatic rings. The van der Waals surface area contributed by atoms with Crippen LogP contribution in [0.4, 0.5) is 0 Å². The first-order valence-corrected chi connectivity index (χ1v) is 6.06. The first-order chi connectivity index (χ1) is 8.78. The Morgan fingerprint density at radius 1 is 1.22 bits per heavy atom. The van der Waals surface area contributed by atoms with Crippen LogP contribution in [0.1, 0.15) is 21.5 Å². The van der Waals surface area contributed by atoms with E-state index in [1.807, 2.05) is 6.07 Å². The summed E-state index contributed by atoms with van der Waals surface area (Å²) in [6.07, 6.45) is 4.41. The van der Waals surface area contributed by atoms with Crippen molar-refractivity contribution in [1.82, 2.24) is 4.98 Å². The highest BCUT2D eigenvalue weighted by Crippen LogP contribution is 2.27. The highest BCUT2D eigenvalue weighted by molar-refractivity contribution is 5.85. The van der Waals surface area contributed by atoms with E-state index in [9.17, 15) is 4.79 Å². The SMILES string of the molecule is NC1Cc2ccc(-c3ncccc3C=O)cc2C1. The van der Waals surface area contributed by atoms with Gasteiger partial charge in [-0.05, 0) is 42.2 Å². The van der Waals surface area contributed by atoms with Crippen molar-refractivity contribution in [3.8, 4) is 11.3 Å². The molecule has 2 N–H and O–H groups in total. The van der Waals surface area contributed by atoms with Crippen LogP contribution < -0.4 is 5.73 Å². The van der Waals surface area contributed by atoms with Gasteiger partial charge < -0.3 is 5.73 Å². The Morgan fingerprint density at radius 3 is 2.89 bits per heavy atom. The standard InChI is InChI=1S/C15H14N2O/c16-14-7-10-3-4-11(6-13(10)8-14)15-12(9-18)2-1-5-17-15/h1-6,9,14H,7-8,16H2. The average Bonchev–Trinajstić information content (AvgIpc) is 2.77. The number of aldehydes is 1. The molecule has 0 saturated heterocycles. The van der Waals surface area contributed by atoms with Crippen LogP contribution in [0.2, 0.25) is 0 Å². The maximum atomic E-state index is 11.0. The second kappa shape index (κ2) is 4.35. The van der Waals surface area contributed by atoms with E-state index in [-0.39, 0.29) is 6.04 Å². The number of rotatable bonds is 2. The summed E-state index contributed by atoms with van der Waals surface area (Å²) in [4.78, 5) is 15.3. The number of nitrogens with zero attached hydrogens (tertiary/aromatic N) is 1. The van der Waals surface area contributed by atoms with E-state index in [1.165, 1.54) is 11.1 Å². The summed E-state index contributed by atoms with van der Waals surface area (Å²) in [5.41, 5.74) is 10.9. The molecule has 3 heteroatoms. The quantitative estimate of drug-likeness (QED) is 0.814. The predicted molar refractivity (Wildman–Crippen MR) is 70.4 cm³/mol. The fourth-order valence-electron chi connectivity index (χ4n) is 2.55. The molecule has 2 aromatic rings. The summed E-state index contributed by atoms with van der Waals surface area (Å²) in [6.45, 7) is 0. The largest absolute Gasteiger partial charge is 0.327 e. The van der Waals surface area contributed by atoms with E-state index in [1.54, 1.807) is 18.3 Å². The summed E-state index contributed by atoms with van der Waals surface area (Å²) < 4.78 is 0. The normalized spacial score (nSPS) is 17.5. The minimum Gasteiger partial charge on any atom is -0.327 e. The van der Waals surface area contributed by atoms with Crippen molar-refractivity contribution in [2.75, 3.05) is 0 Å². The third kappa shape index (κ3) is 1.83. The first-order valence-electron chi connectivity index (χ1n) is 6.06. The molecule has 1 heterocycles. The minimum absolute atomic E-state index is 0.226. The summed E-state index contributed by atoms with van der Waals surface area (Å²) in [5, 5.41) is 0. The summed E-state index contributed by atoms with van der Waals surface area (Å²) in [5.74, 6) is 0. The lowest BCUT2D eigenvalue weighted by atomic mass is 10.0. The Bertz CT molecular complexity index is 607. The number of pyridine rings is 1. The Morgan fingerprint density at radius 2 is 2.06 bits per heavy atom. The van der Waals surface area contributed by atoms with Gasteiger partial charge in [0.25, 0.3) is 0 Å². The van der Waals surface area contributed by atoms with Crippen molar-refractivity contribution >= 4 is 6.29 Å². The molecule has 18 heavy (non-hydrogen) atoms. The van der Waals surface area contributed by atoms with Gasteiger partial charge >= 0.3 is 0 Å². The van der Waals surface area contributed by atoms with Crippen LogP contribution in [0.15, 0.2) is 36.5 Å². The molecular weight excluding hydrogens is 224 g/mol. The Hall–Kier alpha value is -2.00.